The summed E-state index contributed by atoms with van der Waals surface area (Å²) in [6.07, 6.45) is -0.517. The Bertz CT molecular complexity index is 649. The van der Waals surface area contributed by atoms with Gasteiger partial charge in [-0.05, 0) is 49.2 Å². The lowest BCUT2D eigenvalue weighted by molar-refractivity contribution is 0.0290. The topological polar surface area (TPSA) is 44.7 Å². The molecule has 0 saturated carbocycles. The van der Waals surface area contributed by atoms with E-state index in [1.165, 1.54) is 11.3 Å². The van der Waals surface area contributed by atoms with Crippen LogP contribution < -0.4 is 10.2 Å². The van der Waals surface area contributed by atoms with E-state index >= 15 is 0 Å². The third-order valence-corrected chi connectivity index (χ3v) is 4.43. The lowest BCUT2D eigenvalue weighted by Gasteiger charge is -2.24. The van der Waals surface area contributed by atoms with Crippen LogP contribution in [0.3, 0.4) is 0 Å². The summed E-state index contributed by atoms with van der Waals surface area (Å²) in [4.78, 5) is 2.32. The van der Waals surface area contributed by atoms with Crippen molar-refractivity contribution in [1.82, 2.24) is 5.32 Å². The van der Waals surface area contributed by atoms with Crippen molar-refractivity contribution in [3.05, 3.63) is 64.7 Å². The number of anilines is 1. The average molecular weight is 377 g/mol. The number of benzene rings is 2. The van der Waals surface area contributed by atoms with Crippen molar-refractivity contribution >= 4 is 17.3 Å². The van der Waals surface area contributed by atoms with E-state index in [1.54, 1.807) is 0 Å². The maximum atomic E-state index is 10.0. The van der Waals surface area contributed by atoms with Gasteiger partial charge in [0.25, 0.3) is 0 Å². The standard InChI is InChI=1S/C21H29ClN2O2/c1-3-24(20-6-4-5-17(2)13-20)12-11-23-14-21(25)16-26-15-18-7-9-19(22)10-8-18/h4-10,13,21,23,25H,3,11-12,14-16H2,1-2H3/t21-/m1/s1. The van der Waals surface area contributed by atoms with Crippen LogP contribution in [0.15, 0.2) is 48.5 Å². The summed E-state index contributed by atoms with van der Waals surface area (Å²) < 4.78 is 5.56. The first kappa shape index (κ1) is 20.7. The largest absolute Gasteiger partial charge is 0.389 e. The summed E-state index contributed by atoms with van der Waals surface area (Å²) >= 11 is 5.85. The molecule has 2 aromatic rings. The number of nitrogens with zero attached hydrogens (tertiary/aromatic N) is 1. The van der Waals surface area contributed by atoms with Crippen LogP contribution in [0.1, 0.15) is 18.1 Å². The van der Waals surface area contributed by atoms with Crippen molar-refractivity contribution < 1.29 is 9.84 Å². The number of hydrogen-bond donors (Lipinski definition) is 2. The lowest BCUT2D eigenvalue weighted by Crippen LogP contribution is -2.36. The highest BCUT2D eigenvalue weighted by molar-refractivity contribution is 6.30. The summed E-state index contributed by atoms with van der Waals surface area (Å²) in [6.45, 7) is 8.24. The molecule has 0 aliphatic carbocycles. The number of aliphatic hydroxyl groups is 1. The molecule has 4 nitrogen and oxygen atoms in total. The van der Waals surface area contributed by atoms with E-state index in [9.17, 15) is 5.11 Å². The Hall–Kier alpha value is -1.59. The Labute approximate surface area is 161 Å². The number of ether oxygens (including phenoxy) is 1. The van der Waals surface area contributed by atoms with Crippen molar-refractivity contribution in [2.24, 2.45) is 0 Å². The van der Waals surface area contributed by atoms with E-state index in [0.29, 0.717) is 24.8 Å². The zero-order valence-corrected chi connectivity index (χ0v) is 16.4. The van der Waals surface area contributed by atoms with Crippen molar-refractivity contribution in [1.29, 1.82) is 0 Å². The molecule has 0 radical (unpaired) electrons. The van der Waals surface area contributed by atoms with Crippen LogP contribution in [0, 0.1) is 6.92 Å². The smallest absolute Gasteiger partial charge is 0.0897 e. The second-order valence-corrected chi connectivity index (χ2v) is 6.85. The van der Waals surface area contributed by atoms with Gasteiger partial charge in [0, 0.05) is 36.9 Å². The highest BCUT2D eigenvalue weighted by Crippen LogP contribution is 2.15. The first-order chi connectivity index (χ1) is 12.6. The van der Waals surface area contributed by atoms with Gasteiger partial charge in [-0.3, -0.25) is 0 Å². The maximum absolute atomic E-state index is 10.0. The lowest BCUT2D eigenvalue weighted by atomic mass is 10.2. The van der Waals surface area contributed by atoms with Crippen LogP contribution in [0.4, 0.5) is 5.69 Å². The zero-order valence-electron chi connectivity index (χ0n) is 15.6. The summed E-state index contributed by atoms with van der Waals surface area (Å²) in [5, 5.41) is 14.0. The normalized spacial score (nSPS) is 12.2. The molecule has 2 rings (SSSR count). The third-order valence-electron chi connectivity index (χ3n) is 4.18. The Balaban J connectivity index is 1.61. The number of aliphatic hydroxyl groups excluding tert-OH is 1. The van der Waals surface area contributed by atoms with Crippen molar-refractivity contribution in [3.8, 4) is 0 Å². The fourth-order valence-electron chi connectivity index (χ4n) is 2.73. The molecule has 2 aromatic carbocycles. The van der Waals surface area contributed by atoms with Gasteiger partial charge in [-0.25, -0.2) is 0 Å². The highest BCUT2D eigenvalue weighted by atomic mass is 35.5. The minimum absolute atomic E-state index is 0.311. The van der Waals surface area contributed by atoms with Crippen LogP contribution in [0.25, 0.3) is 0 Å². The second-order valence-electron chi connectivity index (χ2n) is 6.42. The predicted octanol–water partition coefficient (Wildman–Crippen LogP) is 3.64. The van der Waals surface area contributed by atoms with Gasteiger partial charge in [0.05, 0.1) is 19.3 Å². The molecule has 0 aliphatic rings. The Morgan fingerprint density at radius 3 is 2.65 bits per heavy atom. The van der Waals surface area contributed by atoms with E-state index in [1.807, 2.05) is 24.3 Å². The molecule has 0 aromatic heterocycles. The van der Waals surface area contributed by atoms with E-state index in [-0.39, 0.29) is 0 Å². The molecule has 1 atom stereocenters. The van der Waals surface area contributed by atoms with E-state index < -0.39 is 6.10 Å². The van der Waals surface area contributed by atoms with E-state index in [0.717, 1.165) is 25.2 Å². The van der Waals surface area contributed by atoms with Crippen LogP contribution in [0.5, 0.6) is 0 Å². The van der Waals surface area contributed by atoms with Crippen LogP contribution in [-0.4, -0.2) is 44.0 Å². The molecule has 0 unspecified atom stereocenters. The molecule has 26 heavy (non-hydrogen) atoms. The van der Waals surface area contributed by atoms with Crippen LogP contribution in [-0.2, 0) is 11.3 Å². The van der Waals surface area contributed by atoms with E-state index in [4.69, 9.17) is 16.3 Å². The monoisotopic (exact) mass is 376 g/mol. The van der Waals surface area contributed by atoms with Crippen molar-refractivity contribution in [2.45, 2.75) is 26.6 Å². The van der Waals surface area contributed by atoms with Gasteiger partial charge < -0.3 is 20.1 Å². The second kappa shape index (κ2) is 11.2. The highest BCUT2D eigenvalue weighted by Gasteiger charge is 2.07. The van der Waals surface area contributed by atoms with Crippen molar-refractivity contribution in [3.63, 3.8) is 0 Å². The first-order valence-electron chi connectivity index (χ1n) is 9.11. The molecule has 0 fully saturated rings. The van der Waals surface area contributed by atoms with E-state index in [2.05, 4.69) is 48.3 Å². The van der Waals surface area contributed by atoms with Crippen LogP contribution in [0.2, 0.25) is 5.02 Å². The van der Waals surface area contributed by atoms with Gasteiger partial charge in [0.1, 0.15) is 0 Å². The Morgan fingerprint density at radius 2 is 1.96 bits per heavy atom. The Morgan fingerprint density at radius 1 is 1.19 bits per heavy atom. The molecule has 0 amide bonds. The molecule has 0 saturated heterocycles. The zero-order chi connectivity index (χ0) is 18.8. The minimum Gasteiger partial charge on any atom is -0.389 e. The summed E-state index contributed by atoms with van der Waals surface area (Å²) in [5.74, 6) is 0. The fourth-order valence-corrected chi connectivity index (χ4v) is 2.86. The molecular weight excluding hydrogens is 348 g/mol. The van der Waals surface area contributed by atoms with Gasteiger partial charge in [0.15, 0.2) is 0 Å². The van der Waals surface area contributed by atoms with Gasteiger partial charge in [0.2, 0.25) is 0 Å². The number of aryl methyl sites for hydroxylation is 1. The van der Waals surface area contributed by atoms with Gasteiger partial charge >= 0.3 is 0 Å². The number of likely N-dealkylation sites (N-methyl/N-ethyl adjacent to an activating group) is 1. The number of rotatable bonds is 11. The maximum Gasteiger partial charge on any atom is 0.0897 e. The molecule has 5 heteroatoms. The van der Waals surface area contributed by atoms with Gasteiger partial charge in [-0.2, -0.15) is 0 Å². The number of halogens is 1. The molecule has 0 heterocycles. The molecular formula is C21H29ClN2O2. The molecule has 0 spiro atoms. The first-order valence-corrected chi connectivity index (χ1v) is 9.49. The SMILES string of the molecule is CCN(CCNC[C@@H](O)COCc1ccc(Cl)cc1)c1cccc(C)c1. The molecule has 2 N–H and O–H groups in total. The molecule has 0 bridgehead atoms. The minimum atomic E-state index is -0.517. The average Bonchev–Trinajstić information content (AvgIpc) is 2.63. The molecule has 0 aliphatic heterocycles. The van der Waals surface area contributed by atoms with Gasteiger partial charge in [-0.1, -0.05) is 35.9 Å². The summed E-state index contributed by atoms with van der Waals surface area (Å²) in [6, 6.07) is 16.1. The number of nitrogens with one attached hydrogen (secondary N) is 1. The number of hydrogen-bond acceptors (Lipinski definition) is 4. The Kier molecular flexibility index (Phi) is 8.92. The van der Waals surface area contributed by atoms with Gasteiger partial charge in [-0.15, -0.1) is 0 Å². The van der Waals surface area contributed by atoms with Crippen molar-refractivity contribution in [2.75, 3.05) is 37.7 Å². The summed E-state index contributed by atoms with van der Waals surface area (Å²) in [5.41, 5.74) is 3.55. The third kappa shape index (κ3) is 7.34. The summed E-state index contributed by atoms with van der Waals surface area (Å²) in [7, 11) is 0. The van der Waals surface area contributed by atoms with Crippen LogP contribution >= 0.6 is 11.6 Å². The predicted molar refractivity (Wildman–Crippen MR) is 109 cm³/mol. The fraction of sp³-hybridized carbons (Fsp3) is 0.429. The molecule has 142 valence electrons. The quantitative estimate of drug-likeness (QED) is 0.588.